The Hall–Kier alpha value is -1.44. The number of benzene rings is 1. The van der Waals surface area contributed by atoms with Gasteiger partial charge in [-0.25, -0.2) is 0 Å². The maximum atomic E-state index is 12.1. The minimum absolute atomic E-state index is 0.0507. The first-order valence-corrected chi connectivity index (χ1v) is 8.17. The molecular formula is C14H19NO5S. The van der Waals surface area contributed by atoms with E-state index in [0.29, 0.717) is 26.3 Å². The minimum Gasteiger partial charge on any atom is -0.378 e. The van der Waals surface area contributed by atoms with Crippen LogP contribution in [0.2, 0.25) is 0 Å². The van der Waals surface area contributed by atoms with Crippen LogP contribution >= 0.6 is 0 Å². The molecule has 1 amide bonds. The van der Waals surface area contributed by atoms with Crippen molar-refractivity contribution < 1.29 is 22.1 Å². The van der Waals surface area contributed by atoms with Crippen LogP contribution in [-0.4, -0.2) is 51.6 Å². The molecule has 0 spiro atoms. The summed E-state index contributed by atoms with van der Waals surface area (Å²) in [5, 5.41) is 0. The van der Waals surface area contributed by atoms with Crippen molar-refractivity contribution in [3.05, 3.63) is 29.8 Å². The van der Waals surface area contributed by atoms with Crippen LogP contribution < -0.4 is 0 Å². The Kier molecular flexibility index (Phi) is 4.97. The number of hydrogen-bond donors (Lipinski definition) is 0. The van der Waals surface area contributed by atoms with E-state index in [0.717, 1.165) is 5.56 Å². The summed E-state index contributed by atoms with van der Waals surface area (Å²) in [5.74, 6) is -0.339. The fraction of sp³-hybridized carbons (Fsp3) is 0.500. The molecule has 7 heteroatoms. The summed E-state index contributed by atoms with van der Waals surface area (Å²) < 4.78 is 34.4. The molecule has 0 saturated carbocycles. The highest BCUT2D eigenvalue weighted by atomic mass is 32.2. The fourth-order valence-corrected chi connectivity index (χ4v) is 3.08. The van der Waals surface area contributed by atoms with Gasteiger partial charge in [0.15, 0.2) is 6.10 Å². The van der Waals surface area contributed by atoms with Gasteiger partial charge in [0, 0.05) is 13.1 Å². The van der Waals surface area contributed by atoms with Crippen molar-refractivity contribution in [2.24, 2.45) is 0 Å². The van der Waals surface area contributed by atoms with Gasteiger partial charge in [0.05, 0.1) is 18.1 Å². The molecule has 1 aromatic rings. The van der Waals surface area contributed by atoms with Gasteiger partial charge in [-0.3, -0.25) is 8.98 Å². The Morgan fingerprint density at radius 3 is 2.38 bits per heavy atom. The van der Waals surface area contributed by atoms with Gasteiger partial charge < -0.3 is 9.64 Å². The lowest BCUT2D eigenvalue weighted by atomic mass is 10.2. The van der Waals surface area contributed by atoms with E-state index >= 15 is 0 Å². The molecule has 21 heavy (non-hydrogen) atoms. The fourth-order valence-electron chi connectivity index (χ4n) is 2.03. The molecule has 0 N–H and O–H groups in total. The number of morpholine rings is 1. The predicted molar refractivity (Wildman–Crippen MR) is 76.3 cm³/mol. The number of nitrogens with zero attached hydrogens (tertiary/aromatic N) is 1. The highest BCUT2D eigenvalue weighted by molar-refractivity contribution is 7.86. The van der Waals surface area contributed by atoms with Crippen LogP contribution in [-0.2, 0) is 23.8 Å². The van der Waals surface area contributed by atoms with E-state index in [4.69, 9.17) is 8.92 Å². The van der Waals surface area contributed by atoms with E-state index in [2.05, 4.69) is 0 Å². The molecule has 1 atom stereocenters. The van der Waals surface area contributed by atoms with Crippen LogP contribution in [0.25, 0.3) is 0 Å². The predicted octanol–water partition coefficient (Wildman–Crippen LogP) is 0.948. The van der Waals surface area contributed by atoms with E-state index in [9.17, 15) is 13.2 Å². The van der Waals surface area contributed by atoms with Crippen LogP contribution in [0.4, 0.5) is 0 Å². The number of carbonyl (C=O) groups excluding carboxylic acids is 1. The molecule has 0 unspecified atom stereocenters. The lowest BCUT2D eigenvalue weighted by molar-refractivity contribution is -0.141. The van der Waals surface area contributed by atoms with Crippen molar-refractivity contribution in [1.82, 2.24) is 4.90 Å². The van der Waals surface area contributed by atoms with Gasteiger partial charge in [0.1, 0.15) is 0 Å². The first-order chi connectivity index (χ1) is 9.90. The number of aryl methyl sites for hydroxylation is 1. The number of hydrogen-bond acceptors (Lipinski definition) is 5. The second kappa shape index (κ2) is 6.55. The largest absolute Gasteiger partial charge is 0.378 e. The van der Waals surface area contributed by atoms with Crippen LogP contribution in [0, 0.1) is 6.92 Å². The van der Waals surface area contributed by atoms with Gasteiger partial charge in [0.2, 0.25) is 0 Å². The van der Waals surface area contributed by atoms with Gasteiger partial charge in [-0.05, 0) is 26.0 Å². The van der Waals surface area contributed by atoms with Crippen molar-refractivity contribution in [1.29, 1.82) is 0 Å². The normalized spacial score (nSPS) is 17.5. The van der Waals surface area contributed by atoms with Crippen LogP contribution in [0.1, 0.15) is 12.5 Å². The molecule has 1 fully saturated rings. The summed E-state index contributed by atoms with van der Waals surface area (Å²) >= 11 is 0. The molecule has 1 aliphatic rings. The number of amides is 1. The standard InChI is InChI=1S/C14H19NO5S/c1-11-3-5-13(6-4-11)21(17,18)20-12(2)14(16)15-7-9-19-10-8-15/h3-6,12H,7-10H2,1-2H3/t12-/m1/s1. The van der Waals surface area contributed by atoms with Crippen molar-refractivity contribution in [2.45, 2.75) is 24.8 Å². The van der Waals surface area contributed by atoms with Crippen molar-refractivity contribution in [2.75, 3.05) is 26.3 Å². The Labute approximate surface area is 124 Å². The van der Waals surface area contributed by atoms with Crippen LogP contribution in [0.3, 0.4) is 0 Å². The Bertz CT molecular complexity index is 590. The van der Waals surface area contributed by atoms with Gasteiger partial charge in [-0.15, -0.1) is 0 Å². The third kappa shape index (κ3) is 4.03. The first kappa shape index (κ1) is 15.9. The molecule has 0 aromatic heterocycles. The van der Waals surface area contributed by atoms with E-state index in [1.807, 2.05) is 6.92 Å². The van der Waals surface area contributed by atoms with Crippen molar-refractivity contribution in [3.63, 3.8) is 0 Å². The average molecular weight is 313 g/mol. The lowest BCUT2D eigenvalue weighted by Gasteiger charge is -2.28. The zero-order valence-corrected chi connectivity index (χ0v) is 12.9. The number of carbonyl (C=O) groups is 1. The summed E-state index contributed by atoms with van der Waals surface area (Å²) in [6.07, 6.45) is -1.05. The molecular weight excluding hydrogens is 294 g/mol. The molecule has 1 aliphatic heterocycles. The lowest BCUT2D eigenvalue weighted by Crippen LogP contribution is -2.46. The monoisotopic (exact) mass is 313 g/mol. The van der Waals surface area contributed by atoms with E-state index in [-0.39, 0.29) is 10.8 Å². The third-order valence-electron chi connectivity index (χ3n) is 3.25. The molecule has 1 heterocycles. The highest BCUT2D eigenvalue weighted by Crippen LogP contribution is 2.16. The second-order valence-electron chi connectivity index (χ2n) is 4.94. The number of ether oxygens (including phenoxy) is 1. The molecule has 1 saturated heterocycles. The molecule has 1 aromatic carbocycles. The zero-order chi connectivity index (χ0) is 15.5. The van der Waals surface area contributed by atoms with Gasteiger partial charge in [-0.2, -0.15) is 8.42 Å². The number of rotatable bonds is 4. The molecule has 116 valence electrons. The van der Waals surface area contributed by atoms with Gasteiger partial charge in [-0.1, -0.05) is 17.7 Å². The van der Waals surface area contributed by atoms with E-state index in [1.165, 1.54) is 19.1 Å². The van der Waals surface area contributed by atoms with Crippen LogP contribution in [0.15, 0.2) is 29.2 Å². The second-order valence-corrected chi connectivity index (χ2v) is 6.52. The molecule has 0 bridgehead atoms. The Morgan fingerprint density at radius 1 is 1.24 bits per heavy atom. The van der Waals surface area contributed by atoms with E-state index < -0.39 is 16.2 Å². The van der Waals surface area contributed by atoms with Crippen molar-refractivity contribution >= 4 is 16.0 Å². The third-order valence-corrected chi connectivity index (χ3v) is 4.64. The SMILES string of the molecule is Cc1ccc(S(=O)(=O)O[C@H](C)C(=O)N2CCOCC2)cc1. The minimum atomic E-state index is -3.94. The molecule has 6 nitrogen and oxygen atoms in total. The summed E-state index contributed by atoms with van der Waals surface area (Å²) in [5.41, 5.74) is 0.950. The summed E-state index contributed by atoms with van der Waals surface area (Å²) in [6, 6.07) is 6.31. The molecule has 0 radical (unpaired) electrons. The summed E-state index contributed by atoms with van der Waals surface area (Å²) in [6.45, 7) is 5.14. The summed E-state index contributed by atoms with van der Waals surface area (Å²) in [4.78, 5) is 13.7. The van der Waals surface area contributed by atoms with E-state index in [1.54, 1.807) is 17.0 Å². The van der Waals surface area contributed by atoms with Gasteiger partial charge in [0.25, 0.3) is 16.0 Å². The van der Waals surface area contributed by atoms with Crippen LogP contribution in [0.5, 0.6) is 0 Å². The zero-order valence-electron chi connectivity index (χ0n) is 12.1. The maximum Gasteiger partial charge on any atom is 0.297 e. The maximum absolute atomic E-state index is 12.1. The smallest absolute Gasteiger partial charge is 0.297 e. The quantitative estimate of drug-likeness (QED) is 0.774. The topological polar surface area (TPSA) is 72.9 Å². The highest BCUT2D eigenvalue weighted by Gasteiger charge is 2.28. The Morgan fingerprint density at radius 2 is 1.81 bits per heavy atom. The van der Waals surface area contributed by atoms with Crippen molar-refractivity contribution in [3.8, 4) is 0 Å². The summed E-state index contributed by atoms with van der Waals surface area (Å²) in [7, 11) is -3.94. The molecule has 2 rings (SSSR count). The molecule has 0 aliphatic carbocycles. The first-order valence-electron chi connectivity index (χ1n) is 6.76. The average Bonchev–Trinajstić information content (AvgIpc) is 2.47. The Balaban J connectivity index is 2.05. The van der Waals surface area contributed by atoms with Gasteiger partial charge >= 0.3 is 0 Å².